The molecule has 0 aromatic carbocycles. The minimum Gasteiger partial charge on any atom is -0.453 e. The number of rotatable bonds is 2. The number of nitrogens with one attached hydrogen (secondary N) is 1. The van der Waals surface area contributed by atoms with Crippen molar-refractivity contribution >= 4 is 12.0 Å². The van der Waals surface area contributed by atoms with E-state index >= 15 is 0 Å². The zero-order valence-electron chi connectivity index (χ0n) is 9.89. The lowest BCUT2D eigenvalue weighted by molar-refractivity contribution is -0.123. The molecule has 96 valence electrons. The highest BCUT2D eigenvalue weighted by molar-refractivity contribution is 5.92. The van der Waals surface area contributed by atoms with Gasteiger partial charge < -0.3 is 9.84 Å². The van der Waals surface area contributed by atoms with Gasteiger partial charge in [-0.25, -0.2) is 4.79 Å². The van der Waals surface area contributed by atoms with E-state index in [2.05, 4.69) is 15.0 Å². The van der Waals surface area contributed by atoms with Gasteiger partial charge in [0.05, 0.1) is 19.8 Å². The lowest BCUT2D eigenvalue weighted by Gasteiger charge is -2.36. The van der Waals surface area contributed by atoms with Gasteiger partial charge in [0.2, 0.25) is 5.91 Å². The summed E-state index contributed by atoms with van der Waals surface area (Å²) in [5.74, 6) is -0.342. The number of fused-ring (bicyclic) bond motifs is 2. The Morgan fingerprint density at radius 2 is 1.94 bits per heavy atom. The Morgan fingerprint density at radius 1 is 1.35 bits per heavy atom. The van der Waals surface area contributed by atoms with Gasteiger partial charge in [-0.05, 0) is 25.7 Å². The number of piperidine rings is 1. The van der Waals surface area contributed by atoms with E-state index in [1.807, 2.05) is 0 Å². The first-order valence-electron chi connectivity index (χ1n) is 5.91. The maximum atomic E-state index is 11.6. The number of aliphatic hydroxyl groups is 1. The predicted octanol–water partition coefficient (Wildman–Crippen LogP) is -0.143. The van der Waals surface area contributed by atoms with Crippen LogP contribution in [0.5, 0.6) is 0 Å². The van der Waals surface area contributed by atoms with Gasteiger partial charge in [-0.3, -0.25) is 15.0 Å². The normalized spacial score (nSPS) is 32.2. The maximum absolute atomic E-state index is 11.6. The molecule has 0 aromatic heterocycles. The highest BCUT2D eigenvalue weighted by Crippen LogP contribution is 2.35. The topological polar surface area (TPSA) is 78.9 Å². The third kappa shape index (κ3) is 2.76. The van der Waals surface area contributed by atoms with E-state index in [1.165, 1.54) is 7.11 Å². The molecule has 0 spiro atoms. The minimum atomic E-state index is -0.723. The minimum absolute atomic E-state index is 0.206. The molecule has 2 saturated heterocycles. The zero-order valence-corrected chi connectivity index (χ0v) is 9.89. The van der Waals surface area contributed by atoms with Crippen LogP contribution in [0, 0.1) is 0 Å². The number of imide groups is 1. The monoisotopic (exact) mass is 242 g/mol. The molecule has 2 rings (SSSR count). The van der Waals surface area contributed by atoms with E-state index in [0.717, 1.165) is 25.7 Å². The Bertz CT molecular complexity index is 307. The molecule has 2 heterocycles. The van der Waals surface area contributed by atoms with E-state index < -0.39 is 6.09 Å². The van der Waals surface area contributed by atoms with Crippen LogP contribution in [0.25, 0.3) is 0 Å². The number of methoxy groups -OCH3 is 1. The number of aliphatic hydroxyl groups excluding tert-OH is 1. The Labute approximate surface area is 99.9 Å². The summed E-state index contributed by atoms with van der Waals surface area (Å²) in [6.07, 6.45) is 2.52. The second-order valence-corrected chi connectivity index (χ2v) is 4.72. The summed E-state index contributed by atoms with van der Waals surface area (Å²) in [6.45, 7) is 0.206. The number of hydrogen-bond acceptors (Lipinski definition) is 5. The summed E-state index contributed by atoms with van der Waals surface area (Å²) >= 11 is 0. The first-order valence-corrected chi connectivity index (χ1v) is 5.91. The Kier molecular flexibility index (Phi) is 3.63. The molecule has 0 aliphatic carbocycles. The molecule has 6 heteroatoms. The number of amides is 2. The van der Waals surface area contributed by atoms with Crippen LogP contribution >= 0.6 is 0 Å². The molecule has 0 saturated carbocycles. The molecule has 0 radical (unpaired) electrons. The van der Waals surface area contributed by atoms with Crippen molar-refractivity contribution in [1.82, 2.24) is 10.2 Å². The van der Waals surface area contributed by atoms with Gasteiger partial charge >= 0.3 is 6.09 Å². The molecule has 2 bridgehead atoms. The number of carbonyl (C=O) groups excluding carboxylic acids is 2. The van der Waals surface area contributed by atoms with Crippen molar-refractivity contribution in [3.63, 3.8) is 0 Å². The summed E-state index contributed by atoms with van der Waals surface area (Å²) in [7, 11) is 1.23. The highest BCUT2D eigenvalue weighted by atomic mass is 16.5. The molecule has 2 unspecified atom stereocenters. The van der Waals surface area contributed by atoms with Crippen molar-refractivity contribution in [2.24, 2.45) is 0 Å². The van der Waals surface area contributed by atoms with E-state index in [0.29, 0.717) is 0 Å². The maximum Gasteiger partial charge on any atom is 0.413 e. The molecule has 2 aliphatic rings. The fourth-order valence-corrected chi connectivity index (χ4v) is 2.87. The van der Waals surface area contributed by atoms with E-state index in [1.54, 1.807) is 0 Å². The quantitative estimate of drug-likeness (QED) is 0.704. The first-order chi connectivity index (χ1) is 8.10. The van der Waals surface area contributed by atoms with Gasteiger partial charge in [-0.1, -0.05) is 0 Å². The lowest BCUT2D eigenvalue weighted by Crippen LogP contribution is -2.49. The fourth-order valence-electron chi connectivity index (χ4n) is 2.87. The number of carbonyl (C=O) groups is 2. The molecule has 2 fully saturated rings. The average Bonchev–Trinajstić information content (AvgIpc) is 2.51. The zero-order chi connectivity index (χ0) is 12.4. The smallest absolute Gasteiger partial charge is 0.413 e. The molecular weight excluding hydrogens is 224 g/mol. The Balaban J connectivity index is 1.87. The summed E-state index contributed by atoms with van der Waals surface area (Å²) in [6, 6.07) is 0.541. The van der Waals surface area contributed by atoms with E-state index in [-0.39, 0.29) is 30.6 Å². The standard InChI is InChI=1S/C11H18N2O4/c1-17-11(16)12-10(15)6-13-7-2-3-8(13)5-9(14)4-7/h7-9,14H,2-6H2,1H3,(H,12,15,16). The third-order valence-corrected chi connectivity index (χ3v) is 3.61. The predicted molar refractivity (Wildman–Crippen MR) is 59.3 cm³/mol. The fraction of sp³-hybridized carbons (Fsp3) is 0.818. The van der Waals surface area contributed by atoms with Crippen molar-refractivity contribution in [2.45, 2.75) is 43.9 Å². The van der Waals surface area contributed by atoms with Crippen molar-refractivity contribution < 1.29 is 19.4 Å². The van der Waals surface area contributed by atoms with E-state index in [4.69, 9.17) is 0 Å². The van der Waals surface area contributed by atoms with Crippen LogP contribution in [-0.4, -0.2) is 53.8 Å². The number of alkyl carbamates (subject to hydrolysis) is 1. The third-order valence-electron chi connectivity index (χ3n) is 3.61. The van der Waals surface area contributed by atoms with Gasteiger partial charge in [-0.2, -0.15) is 0 Å². The molecule has 2 amide bonds. The van der Waals surface area contributed by atoms with Gasteiger partial charge in [0, 0.05) is 12.1 Å². The van der Waals surface area contributed by atoms with Gasteiger partial charge in [0.15, 0.2) is 0 Å². The Morgan fingerprint density at radius 3 is 2.47 bits per heavy atom. The molecule has 6 nitrogen and oxygen atoms in total. The van der Waals surface area contributed by atoms with Gasteiger partial charge in [0.25, 0.3) is 0 Å². The summed E-state index contributed by atoms with van der Waals surface area (Å²) < 4.78 is 4.37. The lowest BCUT2D eigenvalue weighted by atomic mass is 10.00. The highest BCUT2D eigenvalue weighted by Gasteiger charge is 2.40. The second-order valence-electron chi connectivity index (χ2n) is 4.72. The van der Waals surface area contributed by atoms with Crippen LogP contribution in [0.1, 0.15) is 25.7 Å². The summed E-state index contributed by atoms with van der Waals surface area (Å²) in [5.41, 5.74) is 0. The summed E-state index contributed by atoms with van der Waals surface area (Å²) in [5, 5.41) is 11.8. The number of ether oxygens (including phenoxy) is 1. The second kappa shape index (κ2) is 5.01. The van der Waals surface area contributed by atoms with Crippen LogP contribution in [0.4, 0.5) is 4.79 Å². The number of nitrogens with zero attached hydrogens (tertiary/aromatic N) is 1. The average molecular weight is 242 g/mol. The van der Waals surface area contributed by atoms with Crippen LogP contribution < -0.4 is 5.32 Å². The van der Waals surface area contributed by atoms with Crippen molar-refractivity contribution in [2.75, 3.05) is 13.7 Å². The van der Waals surface area contributed by atoms with Gasteiger partial charge in [-0.15, -0.1) is 0 Å². The van der Waals surface area contributed by atoms with Crippen LogP contribution in [0.15, 0.2) is 0 Å². The van der Waals surface area contributed by atoms with E-state index in [9.17, 15) is 14.7 Å². The molecule has 17 heavy (non-hydrogen) atoms. The van der Waals surface area contributed by atoms with Crippen molar-refractivity contribution in [1.29, 1.82) is 0 Å². The molecular formula is C11H18N2O4. The first kappa shape index (κ1) is 12.3. The molecule has 2 aliphatic heterocycles. The molecule has 0 aromatic rings. The SMILES string of the molecule is COC(=O)NC(=O)CN1C2CCC1CC(O)C2. The van der Waals surface area contributed by atoms with Crippen LogP contribution in [-0.2, 0) is 9.53 Å². The van der Waals surface area contributed by atoms with Crippen molar-refractivity contribution in [3.8, 4) is 0 Å². The summed E-state index contributed by atoms with van der Waals surface area (Å²) in [4.78, 5) is 24.5. The van der Waals surface area contributed by atoms with Crippen molar-refractivity contribution in [3.05, 3.63) is 0 Å². The molecule has 2 N–H and O–H groups in total. The largest absolute Gasteiger partial charge is 0.453 e. The number of hydrogen-bond donors (Lipinski definition) is 2. The van der Waals surface area contributed by atoms with Crippen LogP contribution in [0.2, 0.25) is 0 Å². The Hall–Kier alpha value is -1.14. The van der Waals surface area contributed by atoms with Gasteiger partial charge in [0.1, 0.15) is 0 Å². The van der Waals surface area contributed by atoms with Crippen LogP contribution in [0.3, 0.4) is 0 Å². The molecule has 2 atom stereocenters.